The number of nitrogens with zero attached hydrogens (tertiary/aromatic N) is 2. The van der Waals surface area contributed by atoms with Gasteiger partial charge in [-0.2, -0.15) is 4.31 Å². The molecule has 35 heavy (non-hydrogen) atoms. The number of hydrogen-bond acceptors (Lipinski definition) is 7. The topological polar surface area (TPSA) is 113 Å². The number of sulfonamides is 1. The van der Waals surface area contributed by atoms with E-state index in [4.69, 9.17) is 4.74 Å². The number of amides is 2. The Morgan fingerprint density at radius 3 is 2.46 bits per heavy atom. The van der Waals surface area contributed by atoms with Gasteiger partial charge in [0.05, 0.1) is 24.1 Å². The summed E-state index contributed by atoms with van der Waals surface area (Å²) in [6, 6.07) is 5.77. The second kappa shape index (κ2) is 10.1. The summed E-state index contributed by atoms with van der Waals surface area (Å²) in [7, 11) is -2.36. The highest BCUT2D eigenvalue weighted by Gasteiger charge is 2.32. The van der Waals surface area contributed by atoms with Gasteiger partial charge in [0.1, 0.15) is 5.00 Å². The largest absolute Gasteiger partial charge is 0.465 e. The van der Waals surface area contributed by atoms with Crippen LogP contribution in [0.15, 0.2) is 29.2 Å². The lowest BCUT2D eigenvalue weighted by molar-refractivity contribution is -0.129. The van der Waals surface area contributed by atoms with E-state index in [0.29, 0.717) is 36.6 Å². The van der Waals surface area contributed by atoms with Crippen LogP contribution in [0.5, 0.6) is 0 Å². The number of rotatable bonds is 5. The number of carbonyl (C=O) groups is 3. The fourth-order valence-electron chi connectivity index (χ4n) is 4.60. The predicted molar refractivity (Wildman–Crippen MR) is 132 cm³/mol. The first-order valence-electron chi connectivity index (χ1n) is 11.5. The Labute approximate surface area is 209 Å². The van der Waals surface area contributed by atoms with Gasteiger partial charge in [-0.15, -0.1) is 11.3 Å². The Hall–Kier alpha value is -2.76. The Kier molecular flexibility index (Phi) is 7.30. The van der Waals surface area contributed by atoms with Crippen molar-refractivity contribution >= 4 is 44.1 Å². The van der Waals surface area contributed by atoms with Crippen molar-refractivity contribution in [3.05, 3.63) is 45.8 Å². The number of methoxy groups -OCH3 is 1. The van der Waals surface area contributed by atoms with Crippen LogP contribution in [0.4, 0.5) is 5.00 Å². The zero-order chi connectivity index (χ0) is 25.3. The summed E-state index contributed by atoms with van der Waals surface area (Å²) >= 11 is 1.25. The van der Waals surface area contributed by atoms with Gasteiger partial charge in [0, 0.05) is 36.5 Å². The lowest BCUT2D eigenvalue weighted by Gasteiger charge is -2.32. The van der Waals surface area contributed by atoms with E-state index in [-0.39, 0.29) is 22.4 Å². The number of thiophene rings is 1. The summed E-state index contributed by atoms with van der Waals surface area (Å²) in [6.07, 6.45) is 3.17. The lowest BCUT2D eigenvalue weighted by Crippen LogP contribution is -2.41. The van der Waals surface area contributed by atoms with Crippen LogP contribution in [-0.2, 0) is 32.5 Å². The summed E-state index contributed by atoms with van der Waals surface area (Å²) in [5.74, 6) is -1.07. The Morgan fingerprint density at radius 1 is 1.11 bits per heavy atom. The van der Waals surface area contributed by atoms with E-state index in [1.165, 1.54) is 53.9 Å². The van der Waals surface area contributed by atoms with Crippen LogP contribution in [-0.4, -0.2) is 61.6 Å². The number of fused-ring (bicyclic) bond motifs is 1. The summed E-state index contributed by atoms with van der Waals surface area (Å²) < 4.78 is 32.6. The molecule has 0 aliphatic carbocycles. The van der Waals surface area contributed by atoms with Crippen LogP contribution in [0.25, 0.3) is 0 Å². The second-order valence-electron chi connectivity index (χ2n) is 8.83. The van der Waals surface area contributed by atoms with Crippen molar-refractivity contribution in [2.75, 3.05) is 25.5 Å². The minimum Gasteiger partial charge on any atom is -0.465 e. The molecule has 2 aliphatic heterocycles. The van der Waals surface area contributed by atoms with Crippen LogP contribution in [0.2, 0.25) is 0 Å². The number of anilines is 1. The quantitative estimate of drug-likeness (QED) is 0.607. The Balaban J connectivity index is 1.56. The number of carbonyl (C=O) groups excluding carboxylic acids is 3. The molecule has 1 N–H and O–H groups in total. The molecule has 188 valence electrons. The number of nitrogens with one attached hydrogen (secondary N) is 1. The number of hydrogen-bond donors (Lipinski definition) is 1. The predicted octanol–water partition coefficient (Wildman–Crippen LogP) is 3.25. The van der Waals surface area contributed by atoms with Crippen LogP contribution >= 0.6 is 11.3 Å². The van der Waals surface area contributed by atoms with Crippen molar-refractivity contribution in [1.29, 1.82) is 0 Å². The van der Waals surface area contributed by atoms with Gasteiger partial charge >= 0.3 is 5.97 Å². The molecule has 0 radical (unpaired) electrons. The van der Waals surface area contributed by atoms with Gasteiger partial charge in [-0.25, -0.2) is 13.2 Å². The monoisotopic (exact) mass is 519 g/mol. The molecule has 2 aliphatic rings. The summed E-state index contributed by atoms with van der Waals surface area (Å²) in [5.41, 5.74) is 1.36. The van der Waals surface area contributed by atoms with Crippen molar-refractivity contribution in [2.45, 2.75) is 57.0 Å². The highest BCUT2D eigenvalue weighted by Crippen LogP contribution is 2.38. The molecule has 1 fully saturated rings. The van der Waals surface area contributed by atoms with Gasteiger partial charge < -0.3 is 15.0 Å². The number of ether oxygens (including phenoxy) is 1. The minimum atomic E-state index is -3.64. The minimum absolute atomic E-state index is 0.0526. The SMILES string of the molecule is COC(=O)c1c(NC(=O)c2ccc(S(=O)(=O)N3CCCCC3C)cc2)sc2c1CCN(C(C)=O)C2. The van der Waals surface area contributed by atoms with E-state index in [2.05, 4.69) is 5.32 Å². The average Bonchev–Trinajstić information content (AvgIpc) is 3.20. The fourth-order valence-corrected chi connectivity index (χ4v) is 7.54. The number of esters is 1. The van der Waals surface area contributed by atoms with Gasteiger partial charge in [0.2, 0.25) is 15.9 Å². The molecule has 1 aromatic carbocycles. The first-order valence-corrected chi connectivity index (χ1v) is 13.8. The van der Waals surface area contributed by atoms with Gasteiger partial charge in [0.25, 0.3) is 5.91 Å². The van der Waals surface area contributed by atoms with E-state index < -0.39 is 21.9 Å². The zero-order valence-electron chi connectivity index (χ0n) is 20.0. The lowest BCUT2D eigenvalue weighted by atomic mass is 10.0. The smallest absolute Gasteiger partial charge is 0.341 e. The molecule has 1 unspecified atom stereocenters. The van der Waals surface area contributed by atoms with Crippen LogP contribution in [0.3, 0.4) is 0 Å². The molecule has 1 saturated heterocycles. The highest BCUT2D eigenvalue weighted by atomic mass is 32.2. The third kappa shape index (κ3) is 4.98. The van der Waals surface area contributed by atoms with Gasteiger partial charge in [0.15, 0.2) is 0 Å². The molecule has 11 heteroatoms. The maximum absolute atomic E-state index is 13.1. The molecule has 0 bridgehead atoms. The van der Waals surface area contributed by atoms with Crippen molar-refractivity contribution in [1.82, 2.24) is 9.21 Å². The normalized spacial score (nSPS) is 18.6. The highest BCUT2D eigenvalue weighted by molar-refractivity contribution is 7.89. The maximum atomic E-state index is 13.1. The summed E-state index contributed by atoms with van der Waals surface area (Å²) in [4.78, 5) is 40.0. The van der Waals surface area contributed by atoms with Crippen LogP contribution < -0.4 is 5.32 Å². The van der Waals surface area contributed by atoms with Crippen molar-refractivity contribution in [2.24, 2.45) is 0 Å². The molecule has 0 saturated carbocycles. The molecule has 9 nitrogen and oxygen atoms in total. The Morgan fingerprint density at radius 2 is 1.83 bits per heavy atom. The van der Waals surface area contributed by atoms with Gasteiger partial charge in [-0.1, -0.05) is 6.42 Å². The second-order valence-corrected chi connectivity index (χ2v) is 11.8. The first kappa shape index (κ1) is 25.3. The van der Waals surface area contributed by atoms with Gasteiger partial charge in [-0.05, 0) is 56.0 Å². The number of piperidine rings is 1. The first-order chi connectivity index (χ1) is 16.6. The van der Waals surface area contributed by atoms with E-state index in [9.17, 15) is 22.8 Å². The number of benzene rings is 1. The molecule has 2 amide bonds. The molecule has 1 atom stereocenters. The molecule has 2 aromatic rings. The van der Waals surface area contributed by atoms with Crippen molar-refractivity contribution < 1.29 is 27.5 Å². The van der Waals surface area contributed by atoms with Crippen LogP contribution in [0.1, 0.15) is 64.3 Å². The third-order valence-corrected chi connectivity index (χ3v) is 9.74. The molecular weight excluding hydrogens is 490 g/mol. The van der Waals surface area contributed by atoms with E-state index in [1.54, 1.807) is 4.90 Å². The standard InChI is InChI=1S/C24H29N3O6S2/c1-15-6-4-5-12-27(15)35(31,32)18-9-7-17(8-10-18)22(29)25-23-21(24(30)33-3)19-11-13-26(16(2)28)14-20(19)34-23/h7-10,15H,4-6,11-14H2,1-3H3,(H,25,29). The van der Waals surface area contributed by atoms with Gasteiger partial charge in [-0.3, -0.25) is 9.59 Å². The van der Waals surface area contributed by atoms with Crippen LogP contribution in [0, 0.1) is 0 Å². The average molecular weight is 520 g/mol. The van der Waals surface area contributed by atoms with Crippen molar-refractivity contribution in [3.8, 4) is 0 Å². The molecule has 1 aromatic heterocycles. The van der Waals surface area contributed by atoms with Crippen molar-refractivity contribution in [3.63, 3.8) is 0 Å². The molecular formula is C24H29N3O6S2. The van der Waals surface area contributed by atoms with E-state index >= 15 is 0 Å². The van der Waals surface area contributed by atoms with E-state index in [1.807, 2.05) is 6.92 Å². The fraction of sp³-hybridized carbons (Fsp3) is 0.458. The molecule has 4 rings (SSSR count). The Bertz CT molecular complexity index is 1250. The molecule has 3 heterocycles. The zero-order valence-corrected chi connectivity index (χ0v) is 21.6. The summed E-state index contributed by atoms with van der Waals surface area (Å²) in [6.45, 7) is 4.76. The summed E-state index contributed by atoms with van der Waals surface area (Å²) in [5, 5.41) is 3.14. The third-order valence-electron chi connectivity index (χ3n) is 6.58. The maximum Gasteiger partial charge on any atom is 0.341 e. The van der Waals surface area contributed by atoms with E-state index in [0.717, 1.165) is 29.7 Å². The molecule has 0 spiro atoms.